The summed E-state index contributed by atoms with van der Waals surface area (Å²) in [5.74, 6) is 1.42. The lowest BCUT2D eigenvalue weighted by Gasteiger charge is -2.07. The maximum absolute atomic E-state index is 12.0. The number of carbonyl (C=O) groups is 1. The van der Waals surface area contributed by atoms with Gasteiger partial charge in [-0.2, -0.15) is 0 Å². The summed E-state index contributed by atoms with van der Waals surface area (Å²) in [4.78, 5) is 12.0. The Morgan fingerprint density at radius 3 is 2.42 bits per heavy atom. The van der Waals surface area contributed by atoms with Gasteiger partial charge in [0.05, 0.1) is 0 Å². The average Bonchev–Trinajstić information content (AvgIpc) is 3.01. The molecular formula is C19H19N3O2. The molecule has 0 aliphatic rings. The maximum atomic E-state index is 12.0. The largest absolute Gasteiger partial charge is 0.360 e. The molecule has 2 N–H and O–H groups in total. The summed E-state index contributed by atoms with van der Waals surface area (Å²) >= 11 is 0. The van der Waals surface area contributed by atoms with Crippen molar-refractivity contribution in [3.8, 4) is 0 Å². The molecule has 0 radical (unpaired) electrons. The topological polar surface area (TPSA) is 67.2 Å². The van der Waals surface area contributed by atoms with Crippen LogP contribution >= 0.6 is 0 Å². The predicted octanol–water partition coefficient (Wildman–Crippen LogP) is 4.30. The minimum Gasteiger partial charge on any atom is -0.360 e. The van der Waals surface area contributed by atoms with E-state index in [1.165, 1.54) is 0 Å². The van der Waals surface area contributed by atoms with Crippen molar-refractivity contribution in [2.75, 3.05) is 10.6 Å². The van der Waals surface area contributed by atoms with Crippen LogP contribution in [0.15, 0.2) is 65.2 Å². The second-order valence-electron chi connectivity index (χ2n) is 5.56. The molecule has 0 aliphatic heterocycles. The van der Waals surface area contributed by atoms with E-state index in [-0.39, 0.29) is 5.91 Å². The van der Waals surface area contributed by atoms with E-state index >= 15 is 0 Å². The Kier molecular flexibility index (Phi) is 4.91. The Hall–Kier alpha value is -3.08. The third-order valence-electron chi connectivity index (χ3n) is 3.55. The quantitative estimate of drug-likeness (QED) is 0.710. The second kappa shape index (κ2) is 7.46. The fourth-order valence-electron chi connectivity index (χ4n) is 2.34. The predicted molar refractivity (Wildman–Crippen MR) is 94.4 cm³/mol. The summed E-state index contributed by atoms with van der Waals surface area (Å²) in [5.41, 5.74) is 2.82. The Labute approximate surface area is 140 Å². The molecule has 1 heterocycles. The highest BCUT2D eigenvalue weighted by atomic mass is 16.5. The fraction of sp³-hybridized carbons (Fsp3) is 0.158. The highest BCUT2D eigenvalue weighted by Crippen LogP contribution is 2.19. The minimum absolute atomic E-state index is 0.00619. The molecule has 0 unspecified atom stereocenters. The molecule has 1 aromatic heterocycles. The number of aryl methyl sites for hydroxylation is 2. The van der Waals surface area contributed by atoms with E-state index in [2.05, 4.69) is 15.8 Å². The van der Waals surface area contributed by atoms with Gasteiger partial charge in [0.15, 0.2) is 5.82 Å². The third kappa shape index (κ3) is 4.46. The highest BCUT2D eigenvalue weighted by Gasteiger charge is 2.04. The zero-order valence-electron chi connectivity index (χ0n) is 13.5. The van der Waals surface area contributed by atoms with E-state index in [0.717, 1.165) is 29.1 Å². The van der Waals surface area contributed by atoms with Crippen molar-refractivity contribution >= 4 is 23.1 Å². The summed E-state index contributed by atoms with van der Waals surface area (Å²) in [6.45, 7) is 1.84. The lowest BCUT2D eigenvalue weighted by molar-refractivity contribution is -0.116. The molecule has 3 rings (SSSR count). The number of aromatic nitrogens is 1. The molecule has 5 nitrogen and oxygen atoms in total. The lowest BCUT2D eigenvalue weighted by Crippen LogP contribution is -2.12. The number of carbonyl (C=O) groups excluding carboxylic acids is 1. The summed E-state index contributed by atoms with van der Waals surface area (Å²) in [7, 11) is 0. The second-order valence-corrected chi connectivity index (χ2v) is 5.56. The minimum atomic E-state index is 0.00619. The molecule has 0 fully saturated rings. The first-order valence-electron chi connectivity index (χ1n) is 7.83. The van der Waals surface area contributed by atoms with Crippen LogP contribution in [0.4, 0.5) is 17.2 Å². The van der Waals surface area contributed by atoms with E-state index in [0.29, 0.717) is 12.2 Å². The van der Waals surface area contributed by atoms with Crippen molar-refractivity contribution in [1.29, 1.82) is 0 Å². The van der Waals surface area contributed by atoms with Crippen LogP contribution in [0.1, 0.15) is 17.7 Å². The zero-order valence-corrected chi connectivity index (χ0v) is 13.5. The van der Waals surface area contributed by atoms with Crippen LogP contribution in [0.25, 0.3) is 0 Å². The molecule has 1 amide bonds. The molecule has 0 saturated carbocycles. The van der Waals surface area contributed by atoms with Crippen molar-refractivity contribution in [2.24, 2.45) is 0 Å². The van der Waals surface area contributed by atoms with Crippen LogP contribution in [0.3, 0.4) is 0 Å². The Morgan fingerprint density at radius 1 is 1.04 bits per heavy atom. The summed E-state index contributed by atoms with van der Waals surface area (Å²) in [6.07, 6.45) is 1.19. The first kappa shape index (κ1) is 15.8. The zero-order chi connectivity index (χ0) is 16.8. The van der Waals surface area contributed by atoms with E-state index in [1.54, 1.807) is 0 Å². The van der Waals surface area contributed by atoms with Gasteiger partial charge in [0, 0.05) is 23.9 Å². The highest BCUT2D eigenvalue weighted by molar-refractivity contribution is 5.91. The normalized spacial score (nSPS) is 10.4. The van der Waals surface area contributed by atoms with Gasteiger partial charge in [-0.25, -0.2) is 0 Å². The summed E-state index contributed by atoms with van der Waals surface area (Å²) in [5, 5.41) is 9.92. The van der Waals surface area contributed by atoms with Crippen LogP contribution in [0.5, 0.6) is 0 Å². The molecule has 0 bridgehead atoms. The van der Waals surface area contributed by atoms with Crippen molar-refractivity contribution in [1.82, 2.24) is 5.16 Å². The van der Waals surface area contributed by atoms with Gasteiger partial charge >= 0.3 is 0 Å². The first-order chi connectivity index (χ1) is 11.7. The first-order valence-corrected chi connectivity index (χ1v) is 7.83. The van der Waals surface area contributed by atoms with Crippen molar-refractivity contribution in [2.45, 2.75) is 19.8 Å². The number of nitrogens with zero attached hydrogens (tertiary/aromatic N) is 1. The lowest BCUT2D eigenvalue weighted by atomic mass is 10.1. The Morgan fingerprint density at radius 2 is 1.75 bits per heavy atom. The average molecular weight is 321 g/mol. The molecule has 24 heavy (non-hydrogen) atoms. The monoisotopic (exact) mass is 321 g/mol. The number of benzene rings is 2. The fourth-order valence-corrected chi connectivity index (χ4v) is 2.34. The third-order valence-corrected chi connectivity index (χ3v) is 3.55. The van der Waals surface area contributed by atoms with Gasteiger partial charge in [0.1, 0.15) is 5.76 Å². The van der Waals surface area contributed by atoms with Crippen LogP contribution < -0.4 is 10.6 Å². The molecular weight excluding hydrogens is 302 g/mol. The van der Waals surface area contributed by atoms with Gasteiger partial charge in [-0.1, -0.05) is 35.5 Å². The van der Waals surface area contributed by atoms with Gasteiger partial charge in [0.2, 0.25) is 5.91 Å². The standard InChI is InChI=1S/C19H19N3O2/c1-14-13-18(22-24-14)20-16-8-10-17(11-9-16)21-19(23)12-7-15-5-3-2-4-6-15/h2-6,8-11,13H,7,12H2,1H3,(H,20,22)(H,21,23). The number of hydrogen-bond donors (Lipinski definition) is 2. The van der Waals surface area contributed by atoms with Gasteiger partial charge in [-0.05, 0) is 43.2 Å². The van der Waals surface area contributed by atoms with Crippen molar-refractivity contribution in [3.63, 3.8) is 0 Å². The maximum Gasteiger partial charge on any atom is 0.224 e. The van der Waals surface area contributed by atoms with E-state index in [9.17, 15) is 4.79 Å². The van der Waals surface area contributed by atoms with Crippen molar-refractivity contribution in [3.05, 3.63) is 72.0 Å². The molecule has 0 atom stereocenters. The summed E-state index contributed by atoms with van der Waals surface area (Å²) < 4.78 is 5.01. The summed E-state index contributed by atoms with van der Waals surface area (Å²) in [6, 6.07) is 19.3. The number of hydrogen-bond acceptors (Lipinski definition) is 4. The Balaban J connectivity index is 1.51. The van der Waals surface area contributed by atoms with Crippen LogP contribution in [-0.4, -0.2) is 11.1 Å². The molecule has 0 spiro atoms. The van der Waals surface area contributed by atoms with Crippen LogP contribution in [-0.2, 0) is 11.2 Å². The Bertz CT molecular complexity index is 795. The molecule has 2 aromatic carbocycles. The van der Waals surface area contributed by atoms with Gasteiger partial charge in [-0.15, -0.1) is 0 Å². The number of amides is 1. The van der Waals surface area contributed by atoms with E-state index in [1.807, 2.05) is 67.6 Å². The smallest absolute Gasteiger partial charge is 0.224 e. The SMILES string of the molecule is Cc1cc(Nc2ccc(NC(=O)CCc3ccccc3)cc2)no1. The molecule has 0 aliphatic carbocycles. The molecule has 122 valence electrons. The van der Waals surface area contributed by atoms with Gasteiger partial charge in [-0.3, -0.25) is 4.79 Å². The van der Waals surface area contributed by atoms with Crippen LogP contribution in [0, 0.1) is 6.92 Å². The molecule has 5 heteroatoms. The van der Waals surface area contributed by atoms with E-state index < -0.39 is 0 Å². The van der Waals surface area contributed by atoms with Crippen molar-refractivity contribution < 1.29 is 9.32 Å². The number of rotatable bonds is 6. The number of anilines is 3. The van der Waals surface area contributed by atoms with Gasteiger partial charge in [0.25, 0.3) is 0 Å². The van der Waals surface area contributed by atoms with Gasteiger partial charge < -0.3 is 15.2 Å². The number of nitrogens with one attached hydrogen (secondary N) is 2. The van der Waals surface area contributed by atoms with Crippen LogP contribution in [0.2, 0.25) is 0 Å². The molecule has 0 saturated heterocycles. The van der Waals surface area contributed by atoms with E-state index in [4.69, 9.17) is 4.52 Å². The molecule has 3 aromatic rings.